The fraction of sp³-hybridized carbons (Fsp3) is 0.611. The molecule has 1 aromatic heterocycles. The van der Waals surface area contributed by atoms with E-state index in [1.165, 1.54) is 45.6 Å². The first kappa shape index (κ1) is 27.0. The maximum atomic E-state index is 12.3. The molecule has 17 heteroatoms. The van der Waals surface area contributed by atoms with Gasteiger partial charge in [0.2, 0.25) is 11.8 Å². The van der Waals surface area contributed by atoms with Crippen LogP contribution in [0.5, 0.6) is 5.88 Å². The minimum absolute atomic E-state index is 0.0246. The van der Waals surface area contributed by atoms with Crippen LogP contribution in [0.1, 0.15) is 6.92 Å². The second-order valence-corrected chi connectivity index (χ2v) is 10.9. The van der Waals surface area contributed by atoms with E-state index in [-0.39, 0.29) is 24.2 Å². The van der Waals surface area contributed by atoms with E-state index in [1.54, 1.807) is 0 Å². The number of aliphatic hydroxyl groups is 2. The molecule has 2 saturated heterocycles. The molecule has 3 amide bonds. The summed E-state index contributed by atoms with van der Waals surface area (Å²) in [4.78, 5) is 38.0. The Balaban J connectivity index is 1.51. The van der Waals surface area contributed by atoms with Gasteiger partial charge in [-0.1, -0.05) is 0 Å². The maximum Gasteiger partial charge on any atom is 0.585 e. The number of ether oxygens (including phenoxy) is 2. The zero-order valence-electron chi connectivity index (χ0n) is 19.4. The van der Waals surface area contributed by atoms with Gasteiger partial charge in [-0.15, -0.1) is 4.52 Å². The number of hydrogen-bond acceptors (Lipinski definition) is 13. The van der Waals surface area contributed by atoms with Crippen molar-refractivity contribution in [3.05, 3.63) is 6.20 Å². The first-order valence-corrected chi connectivity index (χ1v) is 13.0. The third kappa shape index (κ3) is 5.79. The van der Waals surface area contributed by atoms with Gasteiger partial charge in [0.15, 0.2) is 17.6 Å². The number of carbonyl (C=O) groups excluding carboxylic acids is 2. The highest BCUT2D eigenvalue weighted by atomic mass is 32.7. The highest BCUT2D eigenvalue weighted by Gasteiger charge is 2.53. The molecule has 1 unspecified atom stereocenters. The first-order chi connectivity index (χ1) is 16.5. The second kappa shape index (κ2) is 11.0. The van der Waals surface area contributed by atoms with Crippen LogP contribution >= 0.6 is 18.6 Å². The zero-order valence-corrected chi connectivity index (χ0v) is 21.1. The number of nitrogens with one attached hydrogen (secondary N) is 1. The van der Waals surface area contributed by atoms with Crippen LogP contribution in [0.25, 0.3) is 0 Å². The fourth-order valence-corrected chi connectivity index (χ4v) is 5.53. The van der Waals surface area contributed by atoms with Crippen molar-refractivity contribution in [3.63, 3.8) is 0 Å². The number of aliphatic hydroxyl groups excluding tert-OH is 1. The highest BCUT2D eigenvalue weighted by molar-refractivity contribution is 8.50. The van der Waals surface area contributed by atoms with Gasteiger partial charge in [0.25, 0.3) is 5.91 Å². The number of nitrogens with zero attached hydrogens (tertiary/aromatic N) is 5. The molecule has 1 aromatic rings. The molecule has 0 bridgehead atoms. The highest BCUT2D eigenvalue weighted by Crippen LogP contribution is 2.42. The number of amides is 3. The number of aliphatic imine (C=N–C) groups is 1. The third-order valence-electron chi connectivity index (χ3n) is 5.50. The lowest BCUT2D eigenvalue weighted by molar-refractivity contribution is -0.126. The number of likely N-dealkylation sites (N-methyl/N-ethyl adjacent to an activating group) is 2. The Morgan fingerprint density at radius 3 is 2.80 bits per heavy atom. The summed E-state index contributed by atoms with van der Waals surface area (Å²) >= 11 is 0.860. The normalized spacial score (nSPS) is 29.4. The monoisotopic (exact) mass is 532 g/mol. The van der Waals surface area contributed by atoms with Crippen molar-refractivity contribution in [2.45, 2.75) is 37.0 Å². The van der Waals surface area contributed by atoms with Crippen molar-refractivity contribution in [2.24, 2.45) is 4.99 Å². The van der Waals surface area contributed by atoms with Crippen LogP contribution < -0.4 is 15.8 Å². The van der Waals surface area contributed by atoms with Gasteiger partial charge in [-0.3, -0.25) is 9.69 Å². The van der Waals surface area contributed by atoms with E-state index >= 15 is 0 Å². The average molecular weight is 532 g/mol. The molecule has 6 atom stereocenters. The Labute approximate surface area is 205 Å². The Morgan fingerprint density at radius 2 is 2.17 bits per heavy atom. The van der Waals surface area contributed by atoms with Crippen molar-refractivity contribution in [3.8, 4) is 5.88 Å². The number of methoxy groups -OCH3 is 1. The molecule has 35 heavy (non-hydrogen) atoms. The van der Waals surface area contributed by atoms with Crippen LogP contribution in [-0.2, 0) is 18.6 Å². The number of rotatable bonds is 10. The van der Waals surface area contributed by atoms with E-state index in [0.717, 1.165) is 16.3 Å². The quantitative estimate of drug-likeness (QED) is 0.132. The van der Waals surface area contributed by atoms with Gasteiger partial charge >= 0.3 is 13.3 Å². The second-order valence-electron chi connectivity index (χ2n) is 7.89. The summed E-state index contributed by atoms with van der Waals surface area (Å²) in [5.74, 6) is -0.117. The van der Waals surface area contributed by atoms with Gasteiger partial charge in [0.1, 0.15) is 36.1 Å². The van der Waals surface area contributed by atoms with E-state index < -0.39 is 49.2 Å². The average Bonchev–Trinajstić information content (AvgIpc) is 3.15. The fourth-order valence-electron chi connectivity index (χ4n) is 3.36. The van der Waals surface area contributed by atoms with E-state index in [2.05, 4.69) is 20.3 Å². The topological polar surface area (TPSA) is 202 Å². The number of imide groups is 1. The van der Waals surface area contributed by atoms with E-state index in [9.17, 15) is 24.4 Å². The molecule has 0 aromatic carbocycles. The van der Waals surface area contributed by atoms with Crippen LogP contribution in [0.15, 0.2) is 11.2 Å². The number of hydrogen-bond donors (Lipinski definition) is 4. The predicted molar refractivity (Wildman–Crippen MR) is 126 cm³/mol. The van der Waals surface area contributed by atoms with Crippen molar-refractivity contribution in [1.82, 2.24) is 19.8 Å². The van der Waals surface area contributed by atoms with Gasteiger partial charge in [-0.2, -0.15) is 4.98 Å². The van der Waals surface area contributed by atoms with E-state index in [0.29, 0.717) is 5.69 Å². The molecule has 192 valence electrons. The molecule has 2 aliphatic heterocycles. The summed E-state index contributed by atoms with van der Waals surface area (Å²) in [6.45, 7) is 1.04. The molecule has 3 rings (SSSR count). The molecule has 15 nitrogen and oxygen atoms in total. The Morgan fingerprint density at radius 1 is 1.46 bits per heavy atom. The van der Waals surface area contributed by atoms with Crippen LogP contribution in [-0.4, -0.2) is 112 Å². The summed E-state index contributed by atoms with van der Waals surface area (Å²) in [5.41, 5.74) is 4.10. The lowest BCUT2D eigenvalue weighted by atomic mass is 9.97. The summed E-state index contributed by atoms with van der Waals surface area (Å²) in [5, 5.41) is 23.9. The van der Waals surface area contributed by atoms with Crippen molar-refractivity contribution in [2.75, 3.05) is 44.6 Å². The van der Waals surface area contributed by atoms with E-state index in [4.69, 9.17) is 19.7 Å². The Hall–Kier alpha value is -2.62. The van der Waals surface area contributed by atoms with Crippen molar-refractivity contribution < 1.29 is 38.4 Å². The van der Waals surface area contributed by atoms with Gasteiger partial charge in [-0.05, 0) is 11.5 Å². The predicted octanol–water partition coefficient (Wildman–Crippen LogP) is -0.356. The van der Waals surface area contributed by atoms with E-state index in [1.807, 2.05) is 0 Å². The van der Waals surface area contributed by atoms with Crippen LogP contribution in [0, 0.1) is 0 Å². The zero-order chi connectivity index (χ0) is 25.9. The number of nitrogens with two attached hydrogens (primary N) is 1. The molecule has 5 N–H and O–H groups in total. The Bertz CT molecular complexity index is 1020. The van der Waals surface area contributed by atoms with Gasteiger partial charge in [0, 0.05) is 14.1 Å². The molecule has 0 saturated carbocycles. The summed E-state index contributed by atoms with van der Waals surface area (Å²) in [6, 6.07) is -1.18. The van der Waals surface area contributed by atoms with Crippen molar-refractivity contribution in [1.29, 1.82) is 0 Å². The summed E-state index contributed by atoms with van der Waals surface area (Å²) in [7, 11) is 1.97. The number of aromatic nitrogens is 2. The van der Waals surface area contributed by atoms with Crippen LogP contribution in [0.4, 0.5) is 16.4 Å². The van der Waals surface area contributed by atoms with Crippen molar-refractivity contribution >= 4 is 48.5 Å². The molecule has 2 fully saturated rings. The Kier molecular flexibility index (Phi) is 8.46. The maximum absolute atomic E-state index is 12.3. The molecule has 0 radical (unpaired) electrons. The SMILES string of the molecule is COc1nc(N)ncc1NC=N[C@@H]1O[C@H](CO[P+](=O)SC[C@@H]2C(=O)N(C)C(=O)N2C)[C@@H](O)[C@@]1(C)O. The molecule has 0 spiro atoms. The smallest absolute Gasteiger partial charge is 0.479 e. The minimum Gasteiger partial charge on any atom is -0.479 e. The van der Waals surface area contributed by atoms with Crippen LogP contribution in [0.3, 0.4) is 0 Å². The number of carbonyl (C=O) groups is 2. The molecule has 2 aliphatic rings. The number of nitrogen functional groups attached to an aromatic ring is 1. The van der Waals surface area contributed by atoms with Crippen LogP contribution in [0.2, 0.25) is 0 Å². The molecular formula is C18H27N7O8PS+. The largest absolute Gasteiger partial charge is 0.585 e. The summed E-state index contributed by atoms with van der Waals surface area (Å²) in [6.07, 6.45) is -0.983. The lowest BCUT2D eigenvalue weighted by Crippen LogP contribution is -2.45. The van der Waals surface area contributed by atoms with Gasteiger partial charge in [0.05, 0.1) is 25.4 Å². The van der Waals surface area contributed by atoms with Gasteiger partial charge < -0.3 is 35.6 Å². The molecule has 3 heterocycles. The number of urea groups is 1. The third-order valence-corrected chi connectivity index (χ3v) is 7.94. The lowest BCUT2D eigenvalue weighted by Gasteiger charge is -2.23. The molecular weight excluding hydrogens is 505 g/mol. The summed E-state index contributed by atoms with van der Waals surface area (Å²) < 4.78 is 28.2. The first-order valence-electron chi connectivity index (χ1n) is 10.2. The standard InChI is InChI=1S/C18H27N7O8PS/c1-18(29)12(26)11(6-32-34(30)35-7-10-14(27)25(3)17(28)24(10)2)33-15(18)22-8-21-9-5-20-16(19)23-13(9)31-4/h5,8,10-12,15,26,29H,6-7H2,1-4H3,(H,21,22)(H2,19,20,23)/q+1/t10-,11-,12-,15-,18-/m1/s1. The van der Waals surface area contributed by atoms with Gasteiger partial charge in [-0.25, -0.2) is 14.8 Å². The minimum atomic E-state index is -2.30. The number of anilines is 2. The molecule has 0 aliphatic carbocycles.